The molecule has 0 aliphatic heterocycles. The molecule has 0 saturated heterocycles. The number of methoxy groups -OCH3 is 1. The Kier molecular flexibility index (Phi) is 3.11. The molecule has 2 N–H and O–H groups in total. The Morgan fingerprint density at radius 3 is 3.11 bits per heavy atom. The maximum Gasteiger partial charge on any atom is 0.242 e. The molecule has 0 bridgehead atoms. The van der Waals surface area contributed by atoms with Crippen molar-refractivity contribution in [3.8, 4) is 5.75 Å². The van der Waals surface area contributed by atoms with Gasteiger partial charge in [-0.05, 0) is 25.0 Å². The molecule has 1 heterocycles. The molecule has 5 heteroatoms. The maximum atomic E-state index is 11.5. The van der Waals surface area contributed by atoms with Gasteiger partial charge in [0.1, 0.15) is 12.3 Å². The summed E-state index contributed by atoms with van der Waals surface area (Å²) in [6.07, 6.45) is 4.01. The first-order valence-corrected chi connectivity index (χ1v) is 6.60. The summed E-state index contributed by atoms with van der Waals surface area (Å²) in [7, 11) is 1.66. The molecule has 1 aliphatic carbocycles. The van der Waals surface area contributed by atoms with Crippen LogP contribution in [-0.2, 0) is 11.3 Å². The van der Waals surface area contributed by atoms with Crippen LogP contribution in [0, 0.1) is 5.92 Å². The quantitative estimate of drug-likeness (QED) is 0.788. The molecule has 3 rings (SSSR count). The van der Waals surface area contributed by atoms with Gasteiger partial charge in [-0.3, -0.25) is 4.79 Å². The Morgan fingerprint density at radius 2 is 2.37 bits per heavy atom. The minimum Gasteiger partial charge on any atom is -0.497 e. The smallest absolute Gasteiger partial charge is 0.242 e. The minimum atomic E-state index is 0.193. The fourth-order valence-corrected chi connectivity index (χ4v) is 2.19. The summed E-state index contributed by atoms with van der Waals surface area (Å²) in [4.78, 5) is 14.8. The number of carbonyl (C=O) groups is 1. The highest BCUT2D eigenvalue weighted by molar-refractivity contribution is 5.80. The molecule has 0 radical (unpaired) electrons. The molecule has 5 nitrogen and oxygen atoms in total. The molecule has 0 spiro atoms. The second-order valence-electron chi connectivity index (χ2n) is 4.92. The van der Waals surface area contributed by atoms with E-state index in [0.717, 1.165) is 36.2 Å². The Balaban J connectivity index is 1.67. The van der Waals surface area contributed by atoms with Crippen molar-refractivity contribution in [3.63, 3.8) is 0 Å². The summed E-state index contributed by atoms with van der Waals surface area (Å²) in [6.45, 7) is 1.41. The van der Waals surface area contributed by atoms with E-state index in [4.69, 9.17) is 4.74 Å². The summed E-state index contributed by atoms with van der Waals surface area (Å²) >= 11 is 0. The Hall–Kier alpha value is -2.04. The molecular formula is C14H18N3O2+. The van der Waals surface area contributed by atoms with Crippen LogP contribution in [0.2, 0.25) is 0 Å². The van der Waals surface area contributed by atoms with E-state index in [0.29, 0.717) is 6.54 Å². The molecule has 1 fully saturated rings. The van der Waals surface area contributed by atoms with Crippen LogP contribution in [0.25, 0.3) is 11.0 Å². The van der Waals surface area contributed by atoms with E-state index >= 15 is 0 Å². The first-order valence-electron chi connectivity index (χ1n) is 6.60. The lowest BCUT2D eigenvalue weighted by Crippen LogP contribution is -2.39. The zero-order valence-corrected chi connectivity index (χ0v) is 11.0. The van der Waals surface area contributed by atoms with Crippen molar-refractivity contribution in [2.45, 2.75) is 19.4 Å². The third-order valence-corrected chi connectivity index (χ3v) is 3.49. The van der Waals surface area contributed by atoms with Crippen molar-refractivity contribution >= 4 is 16.9 Å². The predicted octanol–water partition coefficient (Wildman–Crippen LogP) is 0.990. The lowest BCUT2D eigenvalue weighted by molar-refractivity contribution is -0.669. The number of H-pyrrole nitrogens is 1. The summed E-state index contributed by atoms with van der Waals surface area (Å²) in [6, 6.07) is 5.92. The number of rotatable bonds is 5. The van der Waals surface area contributed by atoms with Crippen molar-refractivity contribution in [2.75, 3.05) is 13.7 Å². The molecule has 1 aromatic heterocycles. The van der Waals surface area contributed by atoms with Crippen LogP contribution in [-0.4, -0.2) is 24.5 Å². The summed E-state index contributed by atoms with van der Waals surface area (Å²) < 4.78 is 7.32. The van der Waals surface area contributed by atoms with Crippen LogP contribution in [0.1, 0.15) is 12.8 Å². The molecule has 1 aromatic carbocycles. The van der Waals surface area contributed by atoms with Crippen LogP contribution < -0.4 is 14.6 Å². The third kappa shape index (κ3) is 2.54. The van der Waals surface area contributed by atoms with Crippen molar-refractivity contribution in [3.05, 3.63) is 24.5 Å². The number of imidazole rings is 1. The summed E-state index contributed by atoms with van der Waals surface area (Å²) in [5.74, 6) is 1.30. The number of hydrogen-bond donors (Lipinski definition) is 2. The van der Waals surface area contributed by atoms with Crippen molar-refractivity contribution in [1.29, 1.82) is 0 Å². The van der Waals surface area contributed by atoms with E-state index in [-0.39, 0.29) is 11.8 Å². The van der Waals surface area contributed by atoms with Gasteiger partial charge in [-0.25, -0.2) is 9.55 Å². The second-order valence-corrected chi connectivity index (χ2v) is 4.92. The molecule has 19 heavy (non-hydrogen) atoms. The fraction of sp³-hybridized carbons (Fsp3) is 0.429. The normalized spacial score (nSPS) is 14.6. The van der Waals surface area contributed by atoms with Crippen molar-refractivity contribution < 1.29 is 14.1 Å². The number of fused-ring (bicyclic) bond motifs is 1. The van der Waals surface area contributed by atoms with E-state index in [2.05, 4.69) is 14.9 Å². The number of nitrogens with one attached hydrogen (secondary N) is 2. The first-order chi connectivity index (χ1) is 9.28. The number of nitrogens with zero attached hydrogens (tertiary/aromatic N) is 1. The number of ether oxygens (including phenoxy) is 1. The van der Waals surface area contributed by atoms with Crippen LogP contribution in [0.15, 0.2) is 24.5 Å². The number of aromatic amines is 1. The molecule has 0 unspecified atom stereocenters. The van der Waals surface area contributed by atoms with Gasteiger partial charge in [0.15, 0.2) is 11.0 Å². The lowest BCUT2D eigenvalue weighted by atomic mass is 10.3. The highest BCUT2D eigenvalue weighted by atomic mass is 16.5. The lowest BCUT2D eigenvalue weighted by Gasteiger charge is -2.03. The second kappa shape index (κ2) is 4.91. The van der Waals surface area contributed by atoms with E-state index in [1.807, 2.05) is 24.5 Å². The van der Waals surface area contributed by atoms with Crippen LogP contribution in [0.5, 0.6) is 5.75 Å². The average molecular weight is 260 g/mol. The van der Waals surface area contributed by atoms with E-state index in [1.165, 1.54) is 0 Å². The summed E-state index contributed by atoms with van der Waals surface area (Å²) in [5, 5.41) is 2.97. The van der Waals surface area contributed by atoms with Crippen LogP contribution >= 0.6 is 0 Å². The number of carbonyl (C=O) groups excluding carboxylic acids is 1. The van der Waals surface area contributed by atoms with Gasteiger partial charge in [-0.1, -0.05) is 0 Å². The standard InChI is InChI=1S/C14H17N3O2/c1-19-11-4-5-12-13(8-11)17(9-16-12)7-6-15-14(18)10-2-3-10/h4-5,8-10H,2-3,6-7H2,1H3,(H,15,18)/p+1. The monoisotopic (exact) mass is 260 g/mol. The molecule has 100 valence electrons. The topological polar surface area (TPSA) is 58.0 Å². The summed E-state index contributed by atoms with van der Waals surface area (Å²) in [5.41, 5.74) is 2.15. The molecule has 0 atom stereocenters. The van der Waals surface area contributed by atoms with Crippen LogP contribution in [0.3, 0.4) is 0 Å². The van der Waals surface area contributed by atoms with Gasteiger partial charge in [0.05, 0.1) is 13.7 Å². The van der Waals surface area contributed by atoms with Crippen LogP contribution in [0.4, 0.5) is 0 Å². The average Bonchev–Trinajstić information content (AvgIpc) is 3.21. The SMILES string of the molecule is COc1ccc2[nH]c[n+](CCNC(=O)C3CC3)c2c1. The van der Waals surface area contributed by atoms with Gasteiger partial charge in [0.25, 0.3) is 0 Å². The third-order valence-electron chi connectivity index (χ3n) is 3.49. The Morgan fingerprint density at radius 1 is 1.53 bits per heavy atom. The predicted molar refractivity (Wildman–Crippen MR) is 70.8 cm³/mol. The zero-order chi connectivity index (χ0) is 13.2. The van der Waals surface area contributed by atoms with E-state index in [9.17, 15) is 4.79 Å². The molecule has 1 amide bonds. The number of amides is 1. The number of aromatic nitrogens is 2. The molecule has 1 aliphatic rings. The van der Waals surface area contributed by atoms with Gasteiger partial charge in [0.2, 0.25) is 12.2 Å². The Labute approximate surface area is 111 Å². The molecule has 1 saturated carbocycles. The van der Waals surface area contributed by atoms with Gasteiger partial charge in [-0.2, -0.15) is 0 Å². The Bertz CT molecular complexity index is 602. The molecule has 2 aromatic rings. The number of benzene rings is 1. The van der Waals surface area contributed by atoms with Gasteiger partial charge < -0.3 is 10.1 Å². The van der Waals surface area contributed by atoms with E-state index < -0.39 is 0 Å². The maximum absolute atomic E-state index is 11.5. The highest BCUT2D eigenvalue weighted by Gasteiger charge is 2.29. The van der Waals surface area contributed by atoms with Gasteiger partial charge >= 0.3 is 0 Å². The number of hydrogen-bond acceptors (Lipinski definition) is 2. The first kappa shape index (κ1) is 12.0. The van der Waals surface area contributed by atoms with E-state index in [1.54, 1.807) is 7.11 Å². The largest absolute Gasteiger partial charge is 0.497 e. The fourth-order valence-electron chi connectivity index (χ4n) is 2.19. The highest BCUT2D eigenvalue weighted by Crippen LogP contribution is 2.28. The molecular weight excluding hydrogens is 242 g/mol. The van der Waals surface area contributed by atoms with Gasteiger partial charge in [-0.15, -0.1) is 0 Å². The minimum absolute atomic E-state index is 0.193. The van der Waals surface area contributed by atoms with Gasteiger partial charge in [0, 0.05) is 12.0 Å². The van der Waals surface area contributed by atoms with Crippen molar-refractivity contribution in [2.24, 2.45) is 5.92 Å². The zero-order valence-electron chi connectivity index (χ0n) is 11.0. The van der Waals surface area contributed by atoms with Crippen molar-refractivity contribution in [1.82, 2.24) is 10.3 Å².